The molecule has 1 N–H and O–H groups in total. The molecule has 0 radical (unpaired) electrons. The summed E-state index contributed by atoms with van der Waals surface area (Å²) in [5.41, 5.74) is 2.42. The normalized spacial score (nSPS) is 36.1. The van der Waals surface area contributed by atoms with Gasteiger partial charge < -0.3 is 5.32 Å². The molecule has 2 heteroatoms. The number of hydrogen-bond donors (Lipinski definition) is 1. The second-order valence-electron chi connectivity index (χ2n) is 7.87. The molecule has 114 valence electrons. The minimum absolute atomic E-state index is 0.763. The smallest absolute Gasteiger partial charge is 0.0702 e. The number of hydrogen-bond acceptors (Lipinski definition) is 2. The number of pyridine rings is 1. The summed E-state index contributed by atoms with van der Waals surface area (Å²) in [5, 5.41) is 5.16. The second-order valence-corrected chi connectivity index (χ2v) is 7.87. The molecule has 4 fully saturated rings. The Morgan fingerprint density at radius 2 is 1.68 bits per heavy atom. The Bertz CT molecular complexity index is 665. The highest BCUT2D eigenvalue weighted by Gasteiger charge is 2.47. The quantitative estimate of drug-likeness (QED) is 0.919. The Balaban J connectivity index is 1.32. The van der Waals surface area contributed by atoms with Gasteiger partial charge in [-0.3, -0.25) is 4.98 Å². The summed E-state index contributed by atoms with van der Waals surface area (Å²) in [6.07, 6.45) is 9.53. The first-order chi connectivity index (χ1) is 10.8. The molecule has 22 heavy (non-hydrogen) atoms. The first-order valence-electron chi connectivity index (χ1n) is 8.92. The summed E-state index contributed by atoms with van der Waals surface area (Å²) < 4.78 is 0. The van der Waals surface area contributed by atoms with Gasteiger partial charge in [0.15, 0.2) is 0 Å². The molecule has 1 aromatic carbocycles. The zero-order chi connectivity index (χ0) is 14.5. The molecule has 4 aliphatic carbocycles. The Hall–Kier alpha value is -1.41. The summed E-state index contributed by atoms with van der Waals surface area (Å²) in [6, 6.07) is 11.5. The highest BCUT2D eigenvalue weighted by atomic mass is 14.9. The number of nitrogens with zero attached hydrogens (tertiary/aromatic N) is 1. The Kier molecular flexibility index (Phi) is 3.00. The van der Waals surface area contributed by atoms with E-state index in [1.54, 1.807) is 0 Å². The molecule has 6 rings (SSSR count). The maximum atomic E-state index is 4.60. The Morgan fingerprint density at radius 3 is 2.45 bits per heavy atom. The molecule has 4 bridgehead atoms. The van der Waals surface area contributed by atoms with Crippen LogP contribution in [0.5, 0.6) is 0 Å². The number of nitrogens with one attached hydrogen (secondary N) is 1. The molecule has 4 saturated carbocycles. The van der Waals surface area contributed by atoms with Crippen molar-refractivity contribution in [3.63, 3.8) is 0 Å². The van der Waals surface area contributed by atoms with Crippen LogP contribution in [0.25, 0.3) is 10.9 Å². The van der Waals surface area contributed by atoms with E-state index in [0.29, 0.717) is 0 Å². The number of para-hydroxylation sites is 1. The van der Waals surface area contributed by atoms with Gasteiger partial charge in [0.25, 0.3) is 0 Å². The van der Waals surface area contributed by atoms with E-state index in [1.807, 2.05) is 6.20 Å². The van der Waals surface area contributed by atoms with Gasteiger partial charge >= 0.3 is 0 Å². The minimum Gasteiger partial charge on any atom is -0.309 e. The lowest BCUT2D eigenvalue weighted by Gasteiger charge is -2.54. The first-order valence-corrected chi connectivity index (χ1v) is 8.92. The number of benzene rings is 1. The van der Waals surface area contributed by atoms with Gasteiger partial charge in [0, 0.05) is 24.2 Å². The van der Waals surface area contributed by atoms with Crippen LogP contribution < -0.4 is 5.32 Å². The third-order valence-electron chi connectivity index (χ3n) is 6.42. The molecular weight excluding hydrogens is 268 g/mol. The third-order valence-corrected chi connectivity index (χ3v) is 6.42. The Morgan fingerprint density at radius 1 is 0.955 bits per heavy atom. The molecule has 0 atom stereocenters. The van der Waals surface area contributed by atoms with E-state index < -0.39 is 0 Å². The van der Waals surface area contributed by atoms with Crippen molar-refractivity contribution in [2.75, 3.05) is 0 Å². The average Bonchev–Trinajstić information content (AvgIpc) is 2.53. The van der Waals surface area contributed by atoms with Gasteiger partial charge in [0.1, 0.15) is 0 Å². The molecule has 0 amide bonds. The van der Waals surface area contributed by atoms with Gasteiger partial charge in [-0.25, -0.2) is 0 Å². The summed E-state index contributed by atoms with van der Waals surface area (Å²) in [4.78, 5) is 4.60. The van der Waals surface area contributed by atoms with Crippen LogP contribution >= 0.6 is 0 Å². The van der Waals surface area contributed by atoms with Crippen LogP contribution in [-0.2, 0) is 6.54 Å². The van der Waals surface area contributed by atoms with Crippen LogP contribution in [0.2, 0.25) is 0 Å². The van der Waals surface area contributed by atoms with Gasteiger partial charge in [0.05, 0.1) is 5.52 Å². The lowest BCUT2D eigenvalue weighted by molar-refractivity contribution is -0.0142. The summed E-state index contributed by atoms with van der Waals surface area (Å²) >= 11 is 0. The topological polar surface area (TPSA) is 24.9 Å². The molecule has 1 heterocycles. The van der Waals surface area contributed by atoms with Gasteiger partial charge in [-0.05, 0) is 73.5 Å². The van der Waals surface area contributed by atoms with Crippen LogP contribution in [-0.4, -0.2) is 11.0 Å². The fourth-order valence-electron chi connectivity index (χ4n) is 5.71. The molecule has 0 saturated heterocycles. The lowest BCUT2D eigenvalue weighted by Crippen LogP contribution is -2.54. The molecule has 1 aromatic heterocycles. The Labute approximate surface area is 132 Å². The van der Waals surface area contributed by atoms with Crippen molar-refractivity contribution in [1.29, 1.82) is 0 Å². The molecular formula is C20H24N2. The van der Waals surface area contributed by atoms with E-state index in [1.165, 1.54) is 43.1 Å². The van der Waals surface area contributed by atoms with Crippen LogP contribution in [0.4, 0.5) is 0 Å². The molecule has 0 aliphatic heterocycles. The summed E-state index contributed by atoms with van der Waals surface area (Å²) in [5.74, 6) is 4.01. The van der Waals surface area contributed by atoms with Crippen LogP contribution in [0.15, 0.2) is 36.5 Å². The molecule has 2 nitrogen and oxygen atoms in total. The maximum absolute atomic E-state index is 4.60. The molecule has 0 spiro atoms. The SMILES string of the molecule is c1ccc2ncc(CNC3C4CC5CC(C4)CC3C5)cc2c1. The predicted octanol–water partition coefficient (Wildman–Crippen LogP) is 4.15. The standard InChI is InChI=1S/C20H24N2/c1-2-4-19-16(3-1)10-15(11-21-19)12-22-20-17-6-13-5-14(8-17)9-18(20)7-13/h1-4,10-11,13-14,17-18,20,22H,5-9,12H2. The largest absolute Gasteiger partial charge is 0.309 e. The molecule has 2 aromatic rings. The van der Waals surface area contributed by atoms with Crippen LogP contribution in [0.1, 0.15) is 37.7 Å². The summed E-state index contributed by atoms with van der Waals surface area (Å²) in [6.45, 7) is 0.977. The zero-order valence-electron chi connectivity index (χ0n) is 13.0. The second kappa shape index (κ2) is 5.06. The molecule has 0 unspecified atom stereocenters. The van der Waals surface area contributed by atoms with E-state index in [9.17, 15) is 0 Å². The van der Waals surface area contributed by atoms with Gasteiger partial charge in [0.2, 0.25) is 0 Å². The lowest BCUT2D eigenvalue weighted by atomic mass is 9.54. The fourth-order valence-corrected chi connectivity index (χ4v) is 5.71. The third kappa shape index (κ3) is 2.16. The van der Waals surface area contributed by atoms with Gasteiger partial charge in [-0.15, -0.1) is 0 Å². The van der Waals surface area contributed by atoms with Crippen molar-refractivity contribution in [2.24, 2.45) is 23.7 Å². The van der Waals surface area contributed by atoms with Crippen molar-refractivity contribution in [3.8, 4) is 0 Å². The highest BCUT2D eigenvalue weighted by Crippen LogP contribution is 2.53. The maximum Gasteiger partial charge on any atom is 0.0702 e. The van der Waals surface area contributed by atoms with E-state index in [4.69, 9.17) is 0 Å². The van der Waals surface area contributed by atoms with E-state index >= 15 is 0 Å². The number of rotatable bonds is 3. The minimum atomic E-state index is 0.763. The zero-order valence-corrected chi connectivity index (χ0v) is 13.0. The first kappa shape index (κ1) is 13.1. The molecule has 4 aliphatic rings. The number of aromatic nitrogens is 1. The van der Waals surface area contributed by atoms with Gasteiger partial charge in [-0.1, -0.05) is 18.2 Å². The van der Waals surface area contributed by atoms with Crippen molar-refractivity contribution in [3.05, 3.63) is 42.1 Å². The van der Waals surface area contributed by atoms with Crippen molar-refractivity contribution >= 4 is 10.9 Å². The van der Waals surface area contributed by atoms with Crippen molar-refractivity contribution in [2.45, 2.75) is 44.7 Å². The fraction of sp³-hybridized carbons (Fsp3) is 0.550. The van der Waals surface area contributed by atoms with Gasteiger partial charge in [-0.2, -0.15) is 0 Å². The van der Waals surface area contributed by atoms with Crippen molar-refractivity contribution in [1.82, 2.24) is 10.3 Å². The van der Waals surface area contributed by atoms with E-state index in [-0.39, 0.29) is 0 Å². The monoisotopic (exact) mass is 292 g/mol. The van der Waals surface area contributed by atoms with Crippen LogP contribution in [0, 0.1) is 23.7 Å². The predicted molar refractivity (Wildman–Crippen MR) is 89.4 cm³/mol. The average molecular weight is 292 g/mol. The van der Waals surface area contributed by atoms with E-state index in [0.717, 1.165) is 41.8 Å². The van der Waals surface area contributed by atoms with Crippen molar-refractivity contribution < 1.29 is 0 Å². The summed E-state index contributed by atoms with van der Waals surface area (Å²) in [7, 11) is 0. The highest BCUT2D eigenvalue weighted by molar-refractivity contribution is 5.78. The van der Waals surface area contributed by atoms with Crippen LogP contribution in [0.3, 0.4) is 0 Å². The number of fused-ring (bicyclic) bond motifs is 1. The van der Waals surface area contributed by atoms with E-state index in [2.05, 4.69) is 40.6 Å².